The highest BCUT2D eigenvalue weighted by Crippen LogP contribution is 2.19. The molecule has 26 heavy (non-hydrogen) atoms. The Balaban J connectivity index is 1.89. The molecule has 140 valence electrons. The average Bonchev–Trinajstić information content (AvgIpc) is 2.61. The fourth-order valence-corrected chi connectivity index (χ4v) is 4.24. The molecule has 0 aliphatic rings. The van der Waals surface area contributed by atoms with Crippen molar-refractivity contribution in [2.24, 2.45) is 0 Å². The molecule has 5 nitrogen and oxygen atoms in total. The van der Waals surface area contributed by atoms with E-state index in [1.165, 1.54) is 25.9 Å². The van der Waals surface area contributed by atoms with Crippen LogP contribution >= 0.6 is 23.4 Å². The van der Waals surface area contributed by atoms with Crippen molar-refractivity contribution in [3.63, 3.8) is 0 Å². The van der Waals surface area contributed by atoms with Gasteiger partial charge in [-0.25, -0.2) is 12.7 Å². The lowest BCUT2D eigenvalue weighted by Crippen LogP contribution is -2.28. The summed E-state index contributed by atoms with van der Waals surface area (Å²) in [5.74, 6) is 0.863. The van der Waals surface area contributed by atoms with Crippen LogP contribution in [0.15, 0.2) is 53.4 Å². The summed E-state index contributed by atoms with van der Waals surface area (Å²) >= 11 is 7.33. The van der Waals surface area contributed by atoms with Gasteiger partial charge < -0.3 is 5.32 Å². The predicted molar refractivity (Wildman–Crippen MR) is 107 cm³/mol. The fourth-order valence-electron chi connectivity index (χ4n) is 2.19. The van der Waals surface area contributed by atoms with E-state index in [-0.39, 0.29) is 17.3 Å². The Morgan fingerprint density at radius 1 is 1.12 bits per heavy atom. The third-order valence-electron chi connectivity index (χ3n) is 3.62. The molecule has 8 heteroatoms. The van der Waals surface area contributed by atoms with Crippen molar-refractivity contribution >= 4 is 39.3 Å². The number of nitrogens with one attached hydrogen (secondary N) is 1. The van der Waals surface area contributed by atoms with E-state index < -0.39 is 10.0 Å². The lowest BCUT2D eigenvalue weighted by molar-refractivity contribution is -0.118. The van der Waals surface area contributed by atoms with Crippen molar-refractivity contribution in [2.45, 2.75) is 17.2 Å². The highest BCUT2D eigenvalue weighted by Gasteiger charge is 2.20. The van der Waals surface area contributed by atoms with E-state index >= 15 is 0 Å². The molecule has 0 spiro atoms. The highest BCUT2D eigenvalue weighted by molar-refractivity contribution is 7.99. The summed E-state index contributed by atoms with van der Waals surface area (Å²) in [6.07, 6.45) is 0. The number of thioether (sulfide) groups is 1. The number of hydrogen-bond donors (Lipinski definition) is 1. The van der Waals surface area contributed by atoms with Crippen LogP contribution in [-0.4, -0.2) is 38.5 Å². The van der Waals surface area contributed by atoms with Crippen molar-refractivity contribution in [1.29, 1.82) is 0 Å². The van der Waals surface area contributed by atoms with Gasteiger partial charge >= 0.3 is 0 Å². The minimum absolute atomic E-state index is 0.138. The van der Waals surface area contributed by atoms with E-state index in [4.69, 9.17) is 11.6 Å². The Labute approximate surface area is 163 Å². The second kappa shape index (κ2) is 9.41. The maximum atomic E-state index is 12.4. The first-order valence-corrected chi connectivity index (χ1v) is 10.9. The first-order chi connectivity index (χ1) is 12.3. The maximum Gasteiger partial charge on any atom is 0.242 e. The zero-order chi connectivity index (χ0) is 19.2. The van der Waals surface area contributed by atoms with Gasteiger partial charge in [-0.05, 0) is 29.3 Å². The van der Waals surface area contributed by atoms with Crippen LogP contribution in [0.25, 0.3) is 0 Å². The quantitative estimate of drug-likeness (QED) is 0.723. The number of benzene rings is 2. The van der Waals surface area contributed by atoms with Crippen LogP contribution in [0, 0.1) is 0 Å². The fraction of sp³-hybridized carbons (Fsp3) is 0.278. The minimum Gasteiger partial charge on any atom is -0.351 e. The van der Waals surface area contributed by atoms with Crippen LogP contribution in [0.3, 0.4) is 0 Å². The maximum absolute atomic E-state index is 12.4. The lowest BCUT2D eigenvalue weighted by Gasteiger charge is -2.15. The molecule has 0 saturated carbocycles. The van der Waals surface area contributed by atoms with E-state index in [1.807, 2.05) is 24.3 Å². The number of sulfonamides is 1. The third-order valence-corrected chi connectivity index (χ3v) is 6.79. The summed E-state index contributed by atoms with van der Waals surface area (Å²) in [6, 6.07) is 14.2. The number of rotatable bonds is 8. The molecule has 2 aromatic rings. The Kier molecular flexibility index (Phi) is 7.52. The zero-order valence-electron chi connectivity index (χ0n) is 14.6. The standard InChI is InChI=1S/C18H21ClN2O3S2/c1-21(2)26(23,24)17-6-4-3-5-15(17)11-20-18(22)13-25-12-14-7-9-16(19)10-8-14/h3-10H,11-13H2,1-2H3,(H,20,22). The number of carbonyl (C=O) groups is 1. The van der Waals surface area contributed by atoms with Gasteiger partial charge in [0.25, 0.3) is 0 Å². The molecule has 0 unspecified atom stereocenters. The molecule has 0 aromatic heterocycles. The van der Waals surface area contributed by atoms with Gasteiger partial charge in [-0.2, -0.15) is 0 Å². The molecule has 0 fully saturated rings. The van der Waals surface area contributed by atoms with E-state index in [0.717, 1.165) is 9.87 Å². The molecule has 0 heterocycles. The van der Waals surface area contributed by atoms with Gasteiger partial charge in [0.1, 0.15) is 0 Å². The van der Waals surface area contributed by atoms with Gasteiger partial charge in [-0.1, -0.05) is 41.9 Å². The van der Waals surface area contributed by atoms with Crippen molar-refractivity contribution < 1.29 is 13.2 Å². The van der Waals surface area contributed by atoms with Crippen LogP contribution < -0.4 is 5.32 Å². The third kappa shape index (κ3) is 5.74. The molecule has 2 rings (SSSR count). The highest BCUT2D eigenvalue weighted by atomic mass is 35.5. The predicted octanol–water partition coefficient (Wildman–Crippen LogP) is 3.14. The number of amides is 1. The average molecular weight is 413 g/mol. The summed E-state index contributed by atoms with van der Waals surface area (Å²) in [4.78, 5) is 12.3. The molecule has 0 aliphatic carbocycles. The Hall–Kier alpha value is -1.54. The van der Waals surface area contributed by atoms with Crippen molar-refractivity contribution in [3.8, 4) is 0 Å². The van der Waals surface area contributed by atoms with Crippen LogP contribution in [0.1, 0.15) is 11.1 Å². The molecule has 1 N–H and O–H groups in total. The Morgan fingerprint density at radius 3 is 2.42 bits per heavy atom. The molecule has 0 bridgehead atoms. The number of halogens is 1. The molecular formula is C18H21ClN2O3S2. The number of carbonyl (C=O) groups excluding carboxylic acids is 1. The summed E-state index contributed by atoms with van der Waals surface area (Å²) in [5, 5.41) is 3.47. The molecular weight excluding hydrogens is 392 g/mol. The van der Waals surface area contributed by atoms with Crippen LogP contribution in [-0.2, 0) is 27.1 Å². The van der Waals surface area contributed by atoms with E-state index in [9.17, 15) is 13.2 Å². The number of nitrogens with zero attached hydrogens (tertiary/aromatic N) is 1. The van der Waals surface area contributed by atoms with Gasteiger partial charge in [0.2, 0.25) is 15.9 Å². The second-order valence-electron chi connectivity index (χ2n) is 5.79. The van der Waals surface area contributed by atoms with Crippen LogP contribution in [0.2, 0.25) is 5.02 Å². The van der Waals surface area contributed by atoms with E-state index in [1.54, 1.807) is 24.3 Å². The summed E-state index contributed by atoms with van der Waals surface area (Å²) in [7, 11) is -0.577. The largest absolute Gasteiger partial charge is 0.351 e. The summed E-state index contributed by atoms with van der Waals surface area (Å²) in [6.45, 7) is 0.170. The number of hydrogen-bond acceptors (Lipinski definition) is 4. The SMILES string of the molecule is CN(C)S(=O)(=O)c1ccccc1CNC(=O)CSCc1ccc(Cl)cc1. The van der Waals surface area contributed by atoms with E-state index in [2.05, 4.69) is 5.32 Å². The van der Waals surface area contributed by atoms with Gasteiger partial charge in [-0.3, -0.25) is 4.79 Å². The molecule has 0 atom stereocenters. The molecule has 0 radical (unpaired) electrons. The van der Waals surface area contributed by atoms with Gasteiger partial charge in [-0.15, -0.1) is 11.8 Å². The normalized spacial score (nSPS) is 11.5. The minimum atomic E-state index is -3.55. The smallest absolute Gasteiger partial charge is 0.242 e. The molecule has 2 aromatic carbocycles. The first kappa shape index (κ1) is 20.8. The first-order valence-electron chi connectivity index (χ1n) is 7.90. The van der Waals surface area contributed by atoms with Gasteiger partial charge in [0.15, 0.2) is 0 Å². The van der Waals surface area contributed by atoms with Crippen molar-refractivity contribution in [2.75, 3.05) is 19.8 Å². The molecule has 1 amide bonds. The molecule has 0 saturated heterocycles. The van der Waals surface area contributed by atoms with Crippen LogP contribution in [0.5, 0.6) is 0 Å². The van der Waals surface area contributed by atoms with Crippen molar-refractivity contribution in [3.05, 3.63) is 64.7 Å². The monoisotopic (exact) mass is 412 g/mol. The lowest BCUT2D eigenvalue weighted by atomic mass is 10.2. The topological polar surface area (TPSA) is 66.5 Å². The van der Waals surface area contributed by atoms with Gasteiger partial charge in [0.05, 0.1) is 10.6 Å². The summed E-state index contributed by atoms with van der Waals surface area (Å²) in [5.41, 5.74) is 1.66. The van der Waals surface area contributed by atoms with Crippen molar-refractivity contribution in [1.82, 2.24) is 9.62 Å². The Morgan fingerprint density at radius 2 is 1.77 bits per heavy atom. The van der Waals surface area contributed by atoms with E-state index in [0.29, 0.717) is 22.1 Å². The second-order valence-corrected chi connectivity index (χ2v) is 9.33. The zero-order valence-corrected chi connectivity index (χ0v) is 17.0. The molecule has 0 aliphatic heterocycles. The Bertz CT molecular complexity index is 853. The summed E-state index contributed by atoms with van der Waals surface area (Å²) < 4.78 is 25.9. The van der Waals surface area contributed by atoms with Crippen LogP contribution in [0.4, 0.5) is 0 Å². The van der Waals surface area contributed by atoms with Gasteiger partial charge in [0, 0.05) is 31.4 Å².